The first-order valence-corrected chi connectivity index (χ1v) is 9.70. The highest BCUT2D eigenvalue weighted by molar-refractivity contribution is 5.98. The number of benzene rings is 2. The molecule has 0 aliphatic carbocycles. The van der Waals surface area contributed by atoms with E-state index in [1.807, 2.05) is 6.92 Å². The van der Waals surface area contributed by atoms with Crippen LogP contribution in [0.2, 0.25) is 0 Å². The molecule has 0 spiro atoms. The fraction of sp³-hybridized carbons (Fsp3) is 0.333. The molecule has 0 aromatic heterocycles. The number of aryl methyl sites for hydroxylation is 2. The monoisotopic (exact) mass is 426 g/mol. The van der Waals surface area contributed by atoms with Gasteiger partial charge in [0, 0.05) is 61.1 Å². The molecular weight excluding hydrogens is 404 g/mol. The molecule has 0 bridgehead atoms. The lowest BCUT2D eigenvalue weighted by Gasteiger charge is -2.40. The van der Waals surface area contributed by atoms with E-state index in [0.29, 0.717) is 41.9 Å². The molecule has 0 N–H and O–H groups in total. The average molecular weight is 426 g/mol. The molecule has 3 rings (SSSR count). The van der Waals surface area contributed by atoms with Crippen molar-refractivity contribution in [1.82, 2.24) is 9.80 Å². The van der Waals surface area contributed by atoms with Crippen molar-refractivity contribution in [3.63, 3.8) is 0 Å². The zero-order valence-electron chi connectivity index (χ0n) is 17.4. The SMILES string of the molecule is Cc1cc([N+](=O)[O-])ccc1C(=O)N1CCN(C(=O)c2ccc([N+](=O)[O-])cc2C)[C@@H](C)C1. The predicted octanol–water partition coefficient (Wildman–Crippen LogP) is 3.11. The van der Waals surface area contributed by atoms with Crippen molar-refractivity contribution in [2.75, 3.05) is 19.6 Å². The fourth-order valence-corrected chi connectivity index (χ4v) is 3.77. The Morgan fingerprint density at radius 3 is 1.77 bits per heavy atom. The lowest BCUT2D eigenvalue weighted by atomic mass is 10.0. The number of carbonyl (C=O) groups is 2. The first-order valence-electron chi connectivity index (χ1n) is 9.70. The summed E-state index contributed by atoms with van der Waals surface area (Å²) in [6.45, 7) is 6.09. The summed E-state index contributed by atoms with van der Waals surface area (Å²) >= 11 is 0. The van der Waals surface area contributed by atoms with Crippen LogP contribution in [-0.2, 0) is 0 Å². The highest BCUT2D eigenvalue weighted by Crippen LogP contribution is 2.23. The molecule has 31 heavy (non-hydrogen) atoms. The number of nitrogens with zero attached hydrogens (tertiary/aromatic N) is 4. The molecule has 2 aromatic rings. The van der Waals surface area contributed by atoms with Gasteiger partial charge in [-0.1, -0.05) is 0 Å². The van der Waals surface area contributed by atoms with Crippen molar-refractivity contribution in [3.05, 3.63) is 78.9 Å². The van der Waals surface area contributed by atoms with Crippen molar-refractivity contribution < 1.29 is 19.4 Å². The first kappa shape index (κ1) is 21.9. The number of piperazine rings is 1. The smallest absolute Gasteiger partial charge is 0.269 e. The Labute approximate surface area is 178 Å². The lowest BCUT2D eigenvalue weighted by molar-refractivity contribution is -0.385. The van der Waals surface area contributed by atoms with E-state index < -0.39 is 9.85 Å². The van der Waals surface area contributed by atoms with Crippen LogP contribution in [-0.4, -0.2) is 57.1 Å². The van der Waals surface area contributed by atoms with E-state index >= 15 is 0 Å². The third-order valence-electron chi connectivity index (χ3n) is 5.48. The maximum atomic E-state index is 13.0. The van der Waals surface area contributed by atoms with Crippen LogP contribution in [0.4, 0.5) is 11.4 Å². The summed E-state index contributed by atoms with van der Waals surface area (Å²) in [6.07, 6.45) is 0. The molecule has 0 unspecified atom stereocenters. The van der Waals surface area contributed by atoms with E-state index in [0.717, 1.165) is 0 Å². The number of nitro groups is 2. The van der Waals surface area contributed by atoms with Gasteiger partial charge in [0.15, 0.2) is 0 Å². The van der Waals surface area contributed by atoms with Crippen molar-refractivity contribution >= 4 is 23.2 Å². The van der Waals surface area contributed by atoms with Crippen molar-refractivity contribution in [2.24, 2.45) is 0 Å². The van der Waals surface area contributed by atoms with E-state index in [4.69, 9.17) is 0 Å². The minimum absolute atomic E-state index is 0.0729. The van der Waals surface area contributed by atoms with E-state index in [9.17, 15) is 29.8 Å². The predicted molar refractivity (Wildman–Crippen MR) is 112 cm³/mol. The van der Waals surface area contributed by atoms with Crippen LogP contribution in [0.3, 0.4) is 0 Å². The molecule has 10 nitrogen and oxygen atoms in total. The van der Waals surface area contributed by atoms with Gasteiger partial charge in [-0.15, -0.1) is 0 Å². The Morgan fingerprint density at radius 2 is 1.35 bits per heavy atom. The molecule has 2 amide bonds. The molecular formula is C21H22N4O6. The second-order valence-corrected chi connectivity index (χ2v) is 7.61. The highest BCUT2D eigenvalue weighted by atomic mass is 16.6. The number of rotatable bonds is 4. The average Bonchev–Trinajstić information content (AvgIpc) is 2.72. The Morgan fingerprint density at radius 1 is 0.871 bits per heavy atom. The van der Waals surface area contributed by atoms with Crippen LogP contribution in [0.1, 0.15) is 38.8 Å². The van der Waals surface area contributed by atoms with Crippen LogP contribution in [0, 0.1) is 34.1 Å². The van der Waals surface area contributed by atoms with Crippen LogP contribution >= 0.6 is 0 Å². The van der Waals surface area contributed by atoms with Crippen LogP contribution in [0.15, 0.2) is 36.4 Å². The molecule has 2 aromatic carbocycles. The Kier molecular flexibility index (Phi) is 6.00. The standard InChI is InChI=1S/C21H22N4O6/c1-13-10-16(24(28)29)4-6-18(13)20(26)22-8-9-23(15(3)12-22)21(27)19-7-5-17(25(30)31)11-14(19)2/h4-7,10-11,15H,8-9,12H2,1-3H3/t15-/m0/s1. The summed E-state index contributed by atoms with van der Waals surface area (Å²) in [5, 5.41) is 21.8. The van der Waals surface area contributed by atoms with Gasteiger partial charge in [-0.25, -0.2) is 0 Å². The van der Waals surface area contributed by atoms with E-state index in [1.165, 1.54) is 36.4 Å². The van der Waals surface area contributed by atoms with Crippen molar-refractivity contribution in [3.8, 4) is 0 Å². The lowest BCUT2D eigenvalue weighted by Crippen LogP contribution is -2.55. The largest absolute Gasteiger partial charge is 0.335 e. The third kappa shape index (κ3) is 4.37. The highest BCUT2D eigenvalue weighted by Gasteiger charge is 2.32. The maximum absolute atomic E-state index is 13.0. The molecule has 0 saturated carbocycles. The number of nitro benzene ring substituents is 2. The van der Waals surface area contributed by atoms with Gasteiger partial charge in [0.1, 0.15) is 0 Å². The van der Waals surface area contributed by atoms with Gasteiger partial charge < -0.3 is 9.80 Å². The Balaban J connectivity index is 1.73. The molecule has 1 aliphatic heterocycles. The van der Waals surface area contributed by atoms with Crippen LogP contribution < -0.4 is 0 Å². The summed E-state index contributed by atoms with van der Waals surface area (Å²) in [7, 11) is 0. The van der Waals surface area contributed by atoms with Crippen molar-refractivity contribution in [2.45, 2.75) is 26.8 Å². The Bertz CT molecular complexity index is 1080. The van der Waals surface area contributed by atoms with E-state index in [2.05, 4.69) is 0 Å². The minimum Gasteiger partial charge on any atom is -0.335 e. The van der Waals surface area contributed by atoms with Crippen LogP contribution in [0.25, 0.3) is 0 Å². The summed E-state index contributed by atoms with van der Waals surface area (Å²) in [5.41, 5.74) is 1.68. The summed E-state index contributed by atoms with van der Waals surface area (Å²) in [4.78, 5) is 50.0. The second-order valence-electron chi connectivity index (χ2n) is 7.61. The number of hydrogen-bond donors (Lipinski definition) is 0. The van der Waals surface area contributed by atoms with Gasteiger partial charge in [-0.3, -0.25) is 29.8 Å². The van der Waals surface area contributed by atoms with E-state index in [1.54, 1.807) is 23.6 Å². The Hall–Kier alpha value is -3.82. The molecule has 1 fully saturated rings. The zero-order valence-corrected chi connectivity index (χ0v) is 17.4. The summed E-state index contributed by atoms with van der Waals surface area (Å²) < 4.78 is 0. The van der Waals surface area contributed by atoms with Gasteiger partial charge in [0.2, 0.25) is 0 Å². The molecule has 0 radical (unpaired) electrons. The molecule has 162 valence electrons. The number of non-ortho nitro benzene ring substituents is 2. The zero-order chi connectivity index (χ0) is 22.9. The molecule has 1 saturated heterocycles. The number of carbonyl (C=O) groups excluding carboxylic acids is 2. The topological polar surface area (TPSA) is 127 Å². The van der Waals surface area contributed by atoms with Gasteiger partial charge in [0.25, 0.3) is 23.2 Å². The number of amides is 2. The normalized spacial score (nSPS) is 16.2. The molecule has 1 atom stereocenters. The molecule has 1 aliphatic rings. The van der Waals surface area contributed by atoms with Gasteiger partial charge in [0.05, 0.1) is 9.85 Å². The number of hydrogen-bond acceptors (Lipinski definition) is 6. The van der Waals surface area contributed by atoms with Crippen LogP contribution in [0.5, 0.6) is 0 Å². The first-order chi connectivity index (χ1) is 14.6. The molecule has 10 heteroatoms. The third-order valence-corrected chi connectivity index (χ3v) is 5.48. The van der Waals surface area contributed by atoms with E-state index in [-0.39, 0.29) is 29.2 Å². The second kappa shape index (κ2) is 8.50. The minimum atomic E-state index is -0.506. The maximum Gasteiger partial charge on any atom is 0.269 e. The summed E-state index contributed by atoms with van der Waals surface area (Å²) in [6, 6.07) is 8.00. The van der Waals surface area contributed by atoms with Gasteiger partial charge in [-0.05, 0) is 44.0 Å². The van der Waals surface area contributed by atoms with Gasteiger partial charge >= 0.3 is 0 Å². The summed E-state index contributed by atoms with van der Waals surface area (Å²) in [5.74, 6) is -0.476. The molecule has 1 heterocycles. The van der Waals surface area contributed by atoms with Crippen molar-refractivity contribution in [1.29, 1.82) is 0 Å². The quantitative estimate of drug-likeness (QED) is 0.546. The van der Waals surface area contributed by atoms with Gasteiger partial charge in [-0.2, -0.15) is 0 Å². The fourth-order valence-electron chi connectivity index (χ4n) is 3.77.